The van der Waals surface area contributed by atoms with Gasteiger partial charge in [-0.1, -0.05) is 35.4 Å². The van der Waals surface area contributed by atoms with Gasteiger partial charge >= 0.3 is 5.97 Å². The van der Waals surface area contributed by atoms with E-state index in [0.717, 1.165) is 59.1 Å². The van der Waals surface area contributed by atoms with Crippen molar-refractivity contribution in [2.45, 2.75) is 13.8 Å². The molecule has 34 heavy (non-hydrogen) atoms. The number of nitrogens with zero attached hydrogens (tertiary/aromatic N) is 2. The molecule has 2 heterocycles. The number of halogens is 1. The number of piperazine rings is 1. The van der Waals surface area contributed by atoms with Crippen molar-refractivity contribution in [1.82, 2.24) is 4.90 Å². The molecule has 1 saturated heterocycles. The first kappa shape index (κ1) is 24.3. The lowest BCUT2D eigenvalue weighted by Crippen LogP contribution is -2.48. The molecule has 1 aromatic heterocycles. The van der Waals surface area contributed by atoms with E-state index in [1.54, 1.807) is 0 Å². The molecule has 0 atom stereocenters. The van der Waals surface area contributed by atoms with Crippen molar-refractivity contribution in [3.8, 4) is 11.1 Å². The molecule has 2 aromatic carbocycles. The molecular formula is C26H28ClN3O3S. The van der Waals surface area contributed by atoms with E-state index in [9.17, 15) is 9.59 Å². The highest BCUT2D eigenvalue weighted by Gasteiger charge is 2.25. The summed E-state index contributed by atoms with van der Waals surface area (Å²) in [7, 11) is 1.36. The third kappa shape index (κ3) is 5.43. The van der Waals surface area contributed by atoms with Gasteiger partial charge in [-0.3, -0.25) is 9.69 Å². The number of methoxy groups -OCH3 is 1. The first-order valence-electron chi connectivity index (χ1n) is 11.2. The second-order valence-electron chi connectivity index (χ2n) is 8.45. The number of anilines is 2. The van der Waals surface area contributed by atoms with Crippen molar-refractivity contribution in [1.29, 1.82) is 0 Å². The highest BCUT2D eigenvalue weighted by Crippen LogP contribution is 2.38. The van der Waals surface area contributed by atoms with Crippen LogP contribution in [-0.2, 0) is 9.53 Å². The fraction of sp³-hybridized carbons (Fsp3) is 0.308. The van der Waals surface area contributed by atoms with Crippen LogP contribution in [0, 0.1) is 13.8 Å². The molecule has 1 fully saturated rings. The summed E-state index contributed by atoms with van der Waals surface area (Å²) in [5, 5.41) is 6.11. The number of hydrogen-bond donors (Lipinski definition) is 1. The Bertz CT molecular complexity index is 1180. The van der Waals surface area contributed by atoms with Gasteiger partial charge in [-0.2, -0.15) is 0 Å². The number of nitrogens with one attached hydrogen (secondary N) is 1. The van der Waals surface area contributed by atoms with Crippen LogP contribution in [0.3, 0.4) is 0 Å². The SMILES string of the molecule is COC(=O)c1c(-c2cc(C)ccc2C)csc1NC(=O)CN1CCN(c2ccc(Cl)cc2)CC1. The van der Waals surface area contributed by atoms with Gasteiger partial charge in [-0.05, 0) is 49.2 Å². The van der Waals surface area contributed by atoms with Crippen LogP contribution in [0.4, 0.5) is 10.7 Å². The number of hydrogen-bond acceptors (Lipinski definition) is 6. The highest BCUT2D eigenvalue weighted by molar-refractivity contribution is 7.15. The Labute approximate surface area is 209 Å². The minimum atomic E-state index is -0.455. The maximum absolute atomic E-state index is 12.9. The van der Waals surface area contributed by atoms with Crippen LogP contribution < -0.4 is 10.2 Å². The van der Waals surface area contributed by atoms with Crippen molar-refractivity contribution >= 4 is 45.5 Å². The van der Waals surface area contributed by atoms with E-state index in [1.807, 2.05) is 55.6 Å². The number of rotatable bonds is 6. The fourth-order valence-corrected chi connectivity index (χ4v) is 5.25. The Morgan fingerprint density at radius 3 is 2.41 bits per heavy atom. The van der Waals surface area contributed by atoms with Crippen LogP contribution in [0.15, 0.2) is 47.8 Å². The van der Waals surface area contributed by atoms with Gasteiger partial charge in [0.1, 0.15) is 10.6 Å². The molecule has 6 nitrogen and oxygen atoms in total. The molecule has 4 rings (SSSR count). The third-order valence-electron chi connectivity index (χ3n) is 6.05. The molecule has 0 spiro atoms. The summed E-state index contributed by atoms with van der Waals surface area (Å²) in [6.07, 6.45) is 0. The van der Waals surface area contributed by atoms with E-state index < -0.39 is 5.97 Å². The van der Waals surface area contributed by atoms with E-state index in [1.165, 1.54) is 18.4 Å². The van der Waals surface area contributed by atoms with Crippen LogP contribution in [0.25, 0.3) is 11.1 Å². The van der Waals surface area contributed by atoms with Crippen LogP contribution in [0.5, 0.6) is 0 Å². The molecule has 1 aliphatic heterocycles. The fourth-order valence-electron chi connectivity index (χ4n) is 4.16. The Hall–Kier alpha value is -2.87. The monoisotopic (exact) mass is 497 g/mol. The molecule has 178 valence electrons. The molecule has 1 amide bonds. The van der Waals surface area contributed by atoms with Gasteiger partial charge in [0.2, 0.25) is 5.91 Å². The van der Waals surface area contributed by atoms with Gasteiger partial charge in [-0.25, -0.2) is 4.79 Å². The van der Waals surface area contributed by atoms with Gasteiger partial charge < -0.3 is 15.0 Å². The summed E-state index contributed by atoms with van der Waals surface area (Å²) in [6, 6.07) is 13.9. The van der Waals surface area contributed by atoms with Crippen LogP contribution >= 0.6 is 22.9 Å². The minimum Gasteiger partial charge on any atom is -0.465 e. The van der Waals surface area contributed by atoms with Crippen LogP contribution in [0.1, 0.15) is 21.5 Å². The Morgan fingerprint density at radius 2 is 1.74 bits per heavy atom. The summed E-state index contributed by atoms with van der Waals surface area (Å²) >= 11 is 7.34. The first-order chi connectivity index (χ1) is 16.4. The van der Waals surface area contributed by atoms with Crippen LogP contribution in [-0.4, -0.2) is 56.6 Å². The number of aryl methyl sites for hydroxylation is 2. The van der Waals surface area contributed by atoms with E-state index in [0.29, 0.717) is 10.6 Å². The molecule has 3 aromatic rings. The average molecular weight is 498 g/mol. The largest absolute Gasteiger partial charge is 0.465 e. The van der Waals surface area contributed by atoms with Gasteiger partial charge in [0.05, 0.1) is 13.7 Å². The average Bonchev–Trinajstić information content (AvgIpc) is 3.24. The maximum atomic E-state index is 12.9. The maximum Gasteiger partial charge on any atom is 0.341 e. The Kier molecular flexibility index (Phi) is 7.56. The van der Waals surface area contributed by atoms with Gasteiger partial charge in [0.15, 0.2) is 0 Å². The smallest absolute Gasteiger partial charge is 0.341 e. The van der Waals surface area contributed by atoms with Gasteiger partial charge in [0.25, 0.3) is 0 Å². The lowest BCUT2D eigenvalue weighted by Gasteiger charge is -2.35. The number of carbonyl (C=O) groups excluding carboxylic acids is 2. The standard InChI is InChI=1S/C26H28ClN3O3S/c1-17-4-5-18(2)21(14-17)22-16-34-25(24(22)26(32)33-3)28-23(31)15-29-10-12-30(13-11-29)20-8-6-19(27)7-9-20/h4-9,14,16H,10-13,15H2,1-3H3,(H,28,31). The summed E-state index contributed by atoms with van der Waals surface area (Å²) in [6.45, 7) is 7.51. The molecular weight excluding hydrogens is 470 g/mol. The molecule has 0 saturated carbocycles. The molecule has 1 aliphatic rings. The number of esters is 1. The summed E-state index contributed by atoms with van der Waals surface area (Å²) in [5.41, 5.74) is 5.45. The summed E-state index contributed by atoms with van der Waals surface area (Å²) in [4.78, 5) is 29.9. The number of thiophene rings is 1. The predicted molar refractivity (Wildman–Crippen MR) is 139 cm³/mol. The zero-order valence-corrected chi connectivity index (χ0v) is 21.1. The normalized spacial score (nSPS) is 14.2. The second-order valence-corrected chi connectivity index (χ2v) is 9.77. The quantitative estimate of drug-likeness (QED) is 0.472. The second kappa shape index (κ2) is 10.6. The molecule has 0 aliphatic carbocycles. The molecule has 0 unspecified atom stereocenters. The Balaban J connectivity index is 1.43. The van der Waals surface area contributed by atoms with E-state index in [-0.39, 0.29) is 12.5 Å². The number of amides is 1. The molecule has 0 bridgehead atoms. The molecule has 1 N–H and O–H groups in total. The predicted octanol–water partition coefficient (Wildman–Crippen LogP) is 5.23. The molecule has 0 radical (unpaired) electrons. The number of benzene rings is 2. The van der Waals surface area contributed by atoms with E-state index in [2.05, 4.69) is 21.2 Å². The lowest BCUT2D eigenvalue weighted by molar-refractivity contribution is -0.117. The highest BCUT2D eigenvalue weighted by atomic mass is 35.5. The van der Waals surface area contributed by atoms with Crippen molar-refractivity contribution in [2.24, 2.45) is 0 Å². The van der Waals surface area contributed by atoms with Gasteiger partial charge in [-0.15, -0.1) is 11.3 Å². The van der Waals surface area contributed by atoms with Crippen molar-refractivity contribution in [2.75, 3.05) is 50.1 Å². The zero-order chi connectivity index (χ0) is 24.2. The van der Waals surface area contributed by atoms with Crippen molar-refractivity contribution in [3.05, 3.63) is 69.6 Å². The van der Waals surface area contributed by atoms with E-state index in [4.69, 9.17) is 16.3 Å². The Morgan fingerprint density at radius 1 is 1.03 bits per heavy atom. The van der Waals surface area contributed by atoms with E-state index >= 15 is 0 Å². The van der Waals surface area contributed by atoms with Crippen LogP contribution in [0.2, 0.25) is 5.02 Å². The minimum absolute atomic E-state index is 0.139. The molecule has 8 heteroatoms. The van der Waals surface area contributed by atoms with Gasteiger partial charge in [0, 0.05) is 47.8 Å². The summed E-state index contributed by atoms with van der Waals surface area (Å²) in [5.74, 6) is -0.594. The zero-order valence-electron chi connectivity index (χ0n) is 19.6. The third-order valence-corrected chi connectivity index (χ3v) is 7.20. The number of carbonyl (C=O) groups is 2. The number of ether oxygens (including phenoxy) is 1. The first-order valence-corrected chi connectivity index (χ1v) is 12.4. The lowest BCUT2D eigenvalue weighted by atomic mass is 9.97. The summed E-state index contributed by atoms with van der Waals surface area (Å²) < 4.78 is 5.05. The van der Waals surface area contributed by atoms with Crippen molar-refractivity contribution in [3.63, 3.8) is 0 Å². The topological polar surface area (TPSA) is 61.9 Å². The van der Waals surface area contributed by atoms with Crippen molar-refractivity contribution < 1.29 is 14.3 Å².